The molecule has 4 heteroatoms. The molecule has 0 fully saturated rings. The molecule has 150 valence electrons. The molecule has 2 amide bonds. The van der Waals surface area contributed by atoms with Crippen molar-refractivity contribution in [2.24, 2.45) is 5.92 Å². The summed E-state index contributed by atoms with van der Waals surface area (Å²) < 4.78 is 0. The van der Waals surface area contributed by atoms with Crippen LogP contribution in [0.1, 0.15) is 57.8 Å². The number of carbonyl (C=O) groups is 2. The third kappa shape index (κ3) is 3.18. The number of benzene rings is 3. The molecule has 3 aliphatic carbocycles. The van der Waals surface area contributed by atoms with Crippen LogP contribution < -0.4 is 10.6 Å². The third-order valence-electron chi connectivity index (χ3n) is 6.42. The van der Waals surface area contributed by atoms with E-state index < -0.39 is 0 Å². The maximum Gasteiger partial charge on any atom is 0.251 e. The van der Waals surface area contributed by atoms with Gasteiger partial charge in [0.1, 0.15) is 0 Å². The lowest BCUT2D eigenvalue weighted by atomic mass is 9.59. The van der Waals surface area contributed by atoms with Gasteiger partial charge in [-0.25, -0.2) is 0 Å². The minimum Gasteiger partial charge on any atom is -0.352 e. The fraction of sp³-hybridized carbons (Fsp3) is 0.231. The minimum absolute atomic E-state index is 0.0765. The SMILES string of the molecule is CC(=O)Nc1ccc(C(=O)NCC2CC3c4ccccc4C2c2ccccc23)cc1. The van der Waals surface area contributed by atoms with Crippen molar-refractivity contribution in [1.82, 2.24) is 5.32 Å². The number of carbonyl (C=O) groups excluding carboxylic acids is 2. The van der Waals surface area contributed by atoms with Gasteiger partial charge in [0, 0.05) is 36.6 Å². The van der Waals surface area contributed by atoms with E-state index in [1.807, 2.05) is 0 Å². The predicted molar refractivity (Wildman–Crippen MR) is 118 cm³/mol. The molecule has 0 saturated carbocycles. The van der Waals surface area contributed by atoms with E-state index >= 15 is 0 Å². The first kappa shape index (κ1) is 18.6. The first-order valence-corrected chi connectivity index (χ1v) is 10.5. The average molecular weight is 396 g/mol. The van der Waals surface area contributed by atoms with Gasteiger partial charge in [0.25, 0.3) is 5.91 Å². The van der Waals surface area contributed by atoms with Crippen LogP contribution in [-0.4, -0.2) is 18.4 Å². The van der Waals surface area contributed by atoms with Gasteiger partial charge in [-0.05, 0) is 58.9 Å². The number of fused-ring (bicyclic) bond motifs is 1. The van der Waals surface area contributed by atoms with Gasteiger partial charge < -0.3 is 10.6 Å². The van der Waals surface area contributed by atoms with E-state index in [1.165, 1.54) is 29.2 Å². The Morgan fingerprint density at radius 3 is 1.97 bits per heavy atom. The standard InChI is InChI=1S/C26H24N2O2/c1-16(29)28-19-12-10-17(11-13-19)26(30)27-15-18-14-24-20-6-2-4-8-22(20)25(18)23-9-5-3-7-21(23)24/h2-13,18,24-25H,14-15H2,1H3,(H,27,30)(H,28,29). The maximum absolute atomic E-state index is 12.7. The molecular weight excluding hydrogens is 372 g/mol. The number of anilines is 1. The fourth-order valence-corrected chi connectivity index (χ4v) is 5.19. The van der Waals surface area contributed by atoms with Gasteiger partial charge in [-0.3, -0.25) is 9.59 Å². The zero-order valence-electron chi connectivity index (χ0n) is 16.9. The maximum atomic E-state index is 12.7. The van der Waals surface area contributed by atoms with Gasteiger partial charge in [0.05, 0.1) is 0 Å². The van der Waals surface area contributed by atoms with E-state index in [0.717, 1.165) is 6.42 Å². The second-order valence-electron chi connectivity index (χ2n) is 8.25. The molecule has 6 rings (SSSR count). The van der Waals surface area contributed by atoms with Crippen molar-refractivity contribution in [3.63, 3.8) is 0 Å². The minimum atomic E-state index is -0.125. The Morgan fingerprint density at radius 2 is 1.40 bits per heavy atom. The zero-order valence-corrected chi connectivity index (χ0v) is 16.9. The lowest BCUT2D eigenvalue weighted by molar-refractivity contribution is -0.114. The summed E-state index contributed by atoms with van der Waals surface area (Å²) in [5.74, 6) is 0.904. The van der Waals surface area contributed by atoms with Gasteiger partial charge in [-0.1, -0.05) is 48.5 Å². The Morgan fingerprint density at radius 1 is 0.833 bits per heavy atom. The first-order chi connectivity index (χ1) is 14.6. The van der Waals surface area contributed by atoms with Crippen LogP contribution in [0.4, 0.5) is 5.69 Å². The number of rotatable bonds is 4. The highest BCUT2D eigenvalue weighted by molar-refractivity contribution is 5.95. The first-order valence-electron chi connectivity index (χ1n) is 10.5. The Hall–Kier alpha value is -3.40. The molecule has 0 aliphatic heterocycles. The second-order valence-corrected chi connectivity index (χ2v) is 8.25. The van der Waals surface area contributed by atoms with Gasteiger partial charge in [0.15, 0.2) is 0 Å². The van der Waals surface area contributed by atoms with Crippen LogP contribution in [-0.2, 0) is 4.79 Å². The predicted octanol–water partition coefficient (Wildman–Crippen LogP) is 4.67. The van der Waals surface area contributed by atoms with Crippen LogP contribution in [0.5, 0.6) is 0 Å². The highest BCUT2D eigenvalue weighted by atomic mass is 16.2. The second kappa shape index (κ2) is 7.45. The summed E-state index contributed by atoms with van der Waals surface area (Å²) in [6.07, 6.45) is 1.06. The highest BCUT2D eigenvalue weighted by Gasteiger charge is 2.42. The smallest absolute Gasteiger partial charge is 0.251 e. The number of amides is 2. The lowest BCUT2D eigenvalue weighted by Crippen LogP contribution is -2.39. The Balaban J connectivity index is 1.34. The molecule has 1 atom stereocenters. The summed E-state index contributed by atoms with van der Waals surface area (Å²) in [5, 5.41) is 5.87. The Labute approximate surface area is 176 Å². The average Bonchev–Trinajstić information content (AvgIpc) is 2.78. The number of hydrogen-bond acceptors (Lipinski definition) is 2. The largest absolute Gasteiger partial charge is 0.352 e. The van der Waals surface area contributed by atoms with Gasteiger partial charge >= 0.3 is 0 Å². The van der Waals surface area contributed by atoms with Crippen molar-refractivity contribution in [1.29, 1.82) is 0 Å². The summed E-state index contributed by atoms with van der Waals surface area (Å²) in [7, 11) is 0. The molecule has 0 radical (unpaired) electrons. The Bertz CT molecular complexity index is 1070. The van der Waals surface area contributed by atoms with Crippen LogP contribution in [0.2, 0.25) is 0 Å². The van der Waals surface area contributed by atoms with Crippen LogP contribution >= 0.6 is 0 Å². The zero-order chi connectivity index (χ0) is 20.7. The highest BCUT2D eigenvalue weighted by Crippen LogP contribution is 2.55. The van der Waals surface area contributed by atoms with Crippen molar-refractivity contribution in [2.45, 2.75) is 25.2 Å². The molecule has 0 spiro atoms. The molecule has 1 unspecified atom stereocenters. The van der Waals surface area contributed by atoms with Crippen LogP contribution in [0.3, 0.4) is 0 Å². The number of nitrogens with one attached hydrogen (secondary N) is 2. The summed E-state index contributed by atoms with van der Waals surface area (Å²) in [5.41, 5.74) is 7.00. The van der Waals surface area contributed by atoms with Crippen molar-refractivity contribution in [2.75, 3.05) is 11.9 Å². The summed E-state index contributed by atoms with van der Waals surface area (Å²) >= 11 is 0. The fourth-order valence-electron chi connectivity index (χ4n) is 5.19. The molecule has 3 aliphatic rings. The van der Waals surface area contributed by atoms with E-state index in [4.69, 9.17) is 0 Å². The van der Waals surface area contributed by atoms with Gasteiger partial charge in [0.2, 0.25) is 5.91 Å². The van der Waals surface area contributed by atoms with Crippen molar-refractivity contribution in [3.05, 3.63) is 101 Å². The molecule has 2 N–H and O–H groups in total. The summed E-state index contributed by atoms with van der Waals surface area (Å²) in [6.45, 7) is 2.12. The molecular formula is C26H24N2O2. The molecule has 30 heavy (non-hydrogen) atoms. The molecule has 4 nitrogen and oxygen atoms in total. The molecule has 0 saturated heterocycles. The van der Waals surface area contributed by atoms with Gasteiger partial charge in [-0.15, -0.1) is 0 Å². The van der Waals surface area contributed by atoms with Crippen molar-refractivity contribution >= 4 is 17.5 Å². The van der Waals surface area contributed by atoms with E-state index in [2.05, 4.69) is 59.2 Å². The topological polar surface area (TPSA) is 58.2 Å². The molecule has 3 aromatic rings. The monoisotopic (exact) mass is 396 g/mol. The van der Waals surface area contributed by atoms with Crippen LogP contribution in [0, 0.1) is 5.92 Å². The summed E-state index contributed by atoms with van der Waals surface area (Å²) in [4.78, 5) is 23.9. The van der Waals surface area contributed by atoms with E-state index in [0.29, 0.717) is 35.5 Å². The van der Waals surface area contributed by atoms with Crippen LogP contribution in [0.15, 0.2) is 72.8 Å². The number of hydrogen-bond donors (Lipinski definition) is 2. The Kier molecular flexibility index (Phi) is 4.62. The normalized spacial score (nSPS) is 20.8. The van der Waals surface area contributed by atoms with E-state index in [9.17, 15) is 9.59 Å². The molecule has 2 bridgehead atoms. The molecule has 3 aromatic carbocycles. The lowest BCUT2D eigenvalue weighted by Gasteiger charge is -2.45. The quantitative estimate of drug-likeness (QED) is 0.673. The van der Waals surface area contributed by atoms with Crippen LogP contribution in [0.25, 0.3) is 0 Å². The molecule has 0 heterocycles. The molecule has 0 aromatic heterocycles. The van der Waals surface area contributed by atoms with Crippen molar-refractivity contribution < 1.29 is 9.59 Å². The van der Waals surface area contributed by atoms with E-state index in [1.54, 1.807) is 24.3 Å². The summed E-state index contributed by atoms with van der Waals surface area (Å²) in [6, 6.07) is 24.5. The third-order valence-corrected chi connectivity index (χ3v) is 6.42. The van der Waals surface area contributed by atoms with E-state index in [-0.39, 0.29) is 11.8 Å². The van der Waals surface area contributed by atoms with Gasteiger partial charge in [-0.2, -0.15) is 0 Å². The van der Waals surface area contributed by atoms with Crippen molar-refractivity contribution in [3.8, 4) is 0 Å².